The maximum atomic E-state index is 14.4. The number of nitrogens with zero attached hydrogens (tertiary/aromatic N) is 2. The Labute approximate surface area is 224 Å². The number of halogens is 1. The predicted octanol–water partition coefficient (Wildman–Crippen LogP) is 6.43. The molecule has 0 bridgehead atoms. The average molecular weight is 528 g/mol. The molecule has 1 aliphatic rings. The highest BCUT2D eigenvalue weighted by molar-refractivity contribution is 8.18. The van der Waals surface area contributed by atoms with Crippen LogP contribution in [0, 0.1) is 26.6 Å². The number of imide groups is 1. The number of aryl methyl sites for hydroxylation is 2. The third-order valence-electron chi connectivity index (χ3n) is 6.76. The highest BCUT2D eigenvalue weighted by atomic mass is 32.2. The summed E-state index contributed by atoms with van der Waals surface area (Å²) in [6, 6.07) is 20.0. The number of rotatable bonds is 6. The van der Waals surface area contributed by atoms with Crippen molar-refractivity contribution in [3.8, 4) is 0 Å². The molecule has 1 N–H and O–H groups in total. The summed E-state index contributed by atoms with van der Waals surface area (Å²) in [5.74, 6) is -1.24. The standard InChI is InChI=1S/C30H26FN3O3S/c1-18-9-8-10-19(2)28(18)32-27(35)17-34-29(36)26(38-30(34)37)15-23-20(3)33(25-14-7-5-12-22(23)25)16-21-11-4-6-13-24(21)31/h4-15H,16-17H2,1-3H3,(H,32,35)/b26-15-. The minimum Gasteiger partial charge on any atom is -0.340 e. The lowest BCUT2D eigenvalue weighted by Gasteiger charge is -2.15. The van der Waals surface area contributed by atoms with Crippen molar-refractivity contribution in [2.45, 2.75) is 27.3 Å². The molecule has 6 nitrogen and oxygen atoms in total. The summed E-state index contributed by atoms with van der Waals surface area (Å²) in [5.41, 5.74) is 5.55. The fourth-order valence-electron chi connectivity index (χ4n) is 4.74. The molecule has 2 heterocycles. The molecule has 5 rings (SSSR count). The van der Waals surface area contributed by atoms with Gasteiger partial charge in [-0.3, -0.25) is 19.3 Å². The number of hydrogen-bond donors (Lipinski definition) is 1. The maximum Gasteiger partial charge on any atom is 0.294 e. The molecule has 0 radical (unpaired) electrons. The first kappa shape index (κ1) is 25.5. The molecule has 8 heteroatoms. The lowest BCUT2D eigenvalue weighted by molar-refractivity contribution is -0.127. The van der Waals surface area contributed by atoms with E-state index in [0.29, 0.717) is 17.8 Å². The first-order valence-electron chi connectivity index (χ1n) is 12.2. The van der Waals surface area contributed by atoms with Gasteiger partial charge in [0.05, 0.1) is 11.4 Å². The van der Waals surface area contributed by atoms with E-state index in [1.165, 1.54) is 6.07 Å². The number of hydrogen-bond acceptors (Lipinski definition) is 4. The summed E-state index contributed by atoms with van der Waals surface area (Å²) in [6.07, 6.45) is 1.70. The first-order valence-corrected chi connectivity index (χ1v) is 13.0. The third-order valence-corrected chi connectivity index (χ3v) is 7.67. The van der Waals surface area contributed by atoms with Crippen LogP contribution >= 0.6 is 11.8 Å². The molecule has 0 saturated carbocycles. The molecular formula is C30H26FN3O3S. The molecule has 0 unspecified atom stereocenters. The minimum atomic E-state index is -0.512. The van der Waals surface area contributed by atoms with Gasteiger partial charge < -0.3 is 9.88 Å². The Hall–Kier alpha value is -4.17. The summed E-state index contributed by atoms with van der Waals surface area (Å²) in [5, 5.41) is 3.22. The summed E-state index contributed by atoms with van der Waals surface area (Å²) in [4.78, 5) is 39.9. The average Bonchev–Trinajstić information content (AvgIpc) is 3.31. The molecule has 0 spiro atoms. The van der Waals surface area contributed by atoms with Crippen LogP contribution in [-0.4, -0.2) is 33.1 Å². The van der Waals surface area contributed by atoms with Gasteiger partial charge in [-0.1, -0.05) is 54.6 Å². The third kappa shape index (κ3) is 4.75. The van der Waals surface area contributed by atoms with Crippen LogP contribution in [0.1, 0.15) is 27.9 Å². The number of fused-ring (bicyclic) bond motifs is 1. The van der Waals surface area contributed by atoms with Crippen LogP contribution in [0.5, 0.6) is 0 Å². The lowest BCUT2D eigenvalue weighted by Crippen LogP contribution is -2.36. The first-order chi connectivity index (χ1) is 18.2. The van der Waals surface area contributed by atoms with Crippen molar-refractivity contribution in [1.29, 1.82) is 0 Å². The van der Waals surface area contributed by atoms with Crippen molar-refractivity contribution < 1.29 is 18.8 Å². The molecule has 4 aromatic rings. The Morgan fingerprint density at radius 2 is 1.63 bits per heavy atom. The monoisotopic (exact) mass is 527 g/mol. The number of benzene rings is 3. The second-order valence-electron chi connectivity index (χ2n) is 9.28. The van der Waals surface area contributed by atoms with E-state index in [2.05, 4.69) is 5.32 Å². The summed E-state index contributed by atoms with van der Waals surface area (Å²) in [7, 11) is 0. The van der Waals surface area contributed by atoms with Crippen molar-refractivity contribution in [3.05, 3.63) is 105 Å². The summed E-state index contributed by atoms with van der Waals surface area (Å²) < 4.78 is 16.4. The number of amides is 3. The Bertz CT molecular complexity index is 1620. The normalized spacial score (nSPS) is 14.6. The zero-order valence-corrected chi connectivity index (χ0v) is 22.1. The number of carbonyl (C=O) groups is 3. The van der Waals surface area contributed by atoms with Crippen molar-refractivity contribution >= 4 is 51.5 Å². The molecule has 3 amide bonds. The zero-order chi connectivity index (χ0) is 27.0. The minimum absolute atomic E-state index is 0.242. The molecular weight excluding hydrogens is 501 g/mol. The molecule has 1 aromatic heterocycles. The lowest BCUT2D eigenvalue weighted by atomic mass is 10.1. The maximum absolute atomic E-state index is 14.4. The Kier molecular flexibility index (Phi) is 6.91. The van der Waals surface area contributed by atoms with Crippen LogP contribution in [0.15, 0.2) is 71.6 Å². The topological polar surface area (TPSA) is 71.4 Å². The number of carbonyl (C=O) groups excluding carboxylic acids is 3. The molecule has 1 aliphatic heterocycles. The molecule has 0 atom stereocenters. The van der Waals surface area contributed by atoms with Crippen LogP contribution in [0.2, 0.25) is 0 Å². The van der Waals surface area contributed by atoms with E-state index < -0.39 is 17.1 Å². The number of thioether (sulfide) groups is 1. The van der Waals surface area contributed by atoms with E-state index in [-0.39, 0.29) is 17.3 Å². The van der Waals surface area contributed by atoms with Crippen LogP contribution in [0.4, 0.5) is 14.9 Å². The van der Waals surface area contributed by atoms with Crippen molar-refractivity contribution in [3.63, 3.8) is 0 Å². The quantitative estimate of drug-likeness (QED) is 0.294. The van der Waals surface area contributed by atoms with E-state index in [1.54, 1.807) is 24.3 Å². The van der Waals surface area contributed by atoms with Gasteiger partial charge in [0.25, 0.3) is 11.1 Å². The smallest absolute Gasteiger partial charge is 0.294 e. The second kappa shape index (κ2) is 10.3. The van der Waals surface area contributed by atoms with Gasteiger partial charge in [0.15, 0.2) is 0 Å². The summed E-state index contributed by atoms with van der Waals surface area (Å²) in [6.45, 7) is 5.64. The van der Waals surface area contributed by atoms with E-state index in [1.807, 2.05) is 67.8 Å². The Morgan fingerprint density at radius 1 is 0.947 bits per heavy atom. The van der Waals surface area contributed by atoms with Crippen LogP contribution in [0.3, 0.4) is 0 Å². The molecule has 3 aromatic carbocycles. The largest absolute Gasteiger partial charge is 0.340 e. The Morgan fingerprint density at radius 3 is 2.37 bits per heavy atom. The summed E-state index contributed by atoms with van der Waals surface area (Å²) >= 11 is 0.813. The number of aromatic nitrogens is 1. The van der Waals surface area contributed by atoms with E-state index in [0.717, 1.165) is 49.9 Å². The highest BCUT2D eigenvalue weighted by Gasteiger charge is 2.36. The van der Waals surface area contributed by atoms with Gasteiger partial charge in [-0.2, -0.15) is 0 Å². The fourth-order valence-corrected chi connectivity index (χ4v) is 5.56. The second-order valence-corrected chi connectivity index (χ2v) is 10.3. The predicted molar refractivity (Wildman–Crippen MR) is 149 cm³/mol. The van der Waals surface area contributed by atoms with Gasteiger partial charge in [0, 0.05) is 33.4 Å². The van der Waals surface area contributed by atoms with Crippen molar-refractivity contribution in [1.82, 2.24) is 9.47 Å². The Balaban J connectivity index is 1.43. The molecule has 0 aliphatic carbocycles. The van der Waals surface area contributed by atoms with Gasteiger partial charge in [-0.25, -0.2) is 4.39 Å². The number of anilines is 1. The van der Waals surface area contributed by atoms with Gasteiger partial charge in [0.2, 0.25) is 5.91 Å². The van der Waals surface area contributed by atoms with Gasteiger partial charge in [-0.15, -0.1) is 0 Å². The fraction of sp³-hybridized carbons (Fsp3) is 0.167. The van der Waals surface area contributed by atoms with Crippen LogP contribution in [0.25, 0.3) is 17.0 Å². The number of para-hydroxylation sites is 2. The van der Waals surface area contributed by atoms with Crippen LogP contribution in [-0.2, 0) is 16.1 Å². The molecule has 192 valence electrons. The van der Waals surface area contributed by atoms with E-state index >= 15 is 0 Å². The molecule has 1 saturated heterocycles. The van der Waals surface area contributed by atoms with Crippen molar-refractivity contribution in [2.75, 3.05) is 11.9 Å². The van der Waals surface area contributed by atoms with Gasteiger partial charge >= 0.3 is 0 Å². The van der Waals surface area contributed by atoms with Gasteiger partial charge in [0.1, 0.15) is 12.4 Å². The SMILES string of the molecule is Cc1cccc(C)c1NC(=O)CN1C(=O)S/C(=C\c2c(C)n(Cc3ccccc3F)c3ccccc23)C1=O. The van der Waals surface area contributed by atoms with E-state index in [9.17, 15) is 18.8 Å². The number of nitrogens with one attached hydrogen (secondary N) is 1. The van der Waals surface area contributed by atoms with E-state index in [4.69, 9.17) is 0 Å². The highest BCUT2D eigenvalue weighted by Crippen LogP contribution is 2.36. The zero-order valence-electron chi connectivity index (χ0n) is 21.2. The van der Waals surface area contributed by atoms with Crippen molar-refractivity contribution in [2.24, 2.45) is 0 Å². The van der Waals surface area contributed by atoms with Gasteiger partial charge in [-0.05, 0) is 61.9 Å². The van der Waals surface area contributed by atoms with Crippen LogP contribution < -0.4 is 5.32 Å². The molecule has 1 fully saturated rings. The molecule has 38 heavy (non-hydrogen) atoms.